The summed E-state index contributed by atoms with van der Waals surface area (Å²) in [6.45, 7) is 0. The number of carbonyl (C=O) groups is 1. The second-order valence-corrected chi connectivity index (χ2v) is 4.43. The van der Waals surface area contributed by atoms with Gasteiger partial charge in [0.25, 0.3) is 5.69 Å². The molecule has 0 heterocycles. The lowest BCUT2D eigenvalue weighted by Gasteiger charge is -1.97. The zero-order valence-electron chi connectivity index (χ0n) is 10.3. The van der Waals surface area contributed by atoms with Gasteiger partial charge in [-0.2, -0.15) is 0 Å². The standard InChI is InChI=1S/C15H10ClNO3/c16-14-4-2-1-3-11(14)7-10-15(18)12-5-8-13(9-6-12)17(19)20/h1-10H/b10-7+. The first-order chi connectivity index (χ1) is 9.58. The largest absolute Gasteiger partial charge is 0.289 e. The van der Waals surface area contributed by atoms with Crippen molar-refractivity contribution >= 4 is 29.1 Å². The molecule has 2 aromatic carbocycles. The van der Waals surface area contributed by atoms with Gasteiger partial charge < -0.3 is 0 Å². The fourth-order valence-corrected chi connectivity index (χ4v) is 1.82. The highest BCUT2D eigenvalue weighted by Gasteiger charge is 2.07. The summed E-state index contributed by atoms with van der Waals surface area (Å²) in [5, 5.41) is 11.1. The van der Waals surface area contributed by atoms with E-state index >= 15 is 0 Å². The summed E-state index contributed by atoms with van der Waals surface area (Å²) in [5.41, 5.74) is 1.08. The number of ketones is 1. The first kappa shape index (κ1) is 14.0. The molecular weight excluding hydrogens is 278 g/mol. The monoisotopic (exact) mass is 287 g/mol. The minimum atomic E-state index is -0.506. The number of nitrogens with zero attached hydrogens (tertiary/aromatic N) is 1. The molecule has 0 atom stereocenters. The van der Waals surface area contributed by atoms with Crippen LogP contribution in [0.5, 0.6) is 0 Å². The molecule has 5 heteroatoms. The molecule has 2 aromatic rings. The van der Waals surface area contributed by atoms with Crippen LogP contribution < -0.4 is 0 Å². The van der Waals surface area contributed by atoms with E-state index < -0.39 is 4.92 Å². The van der Waals surface area contributed by atoms with E-state index in [9.17, 15) is 14.9 Å². The Labute approximate surface area is 120 Å². The number of nitro benzene ring substituents is 1. The van der Waals surface area contributed by atoms with Crippen LogP contribution in [0.4, 0.5) is 5.69 Å². The van der Waals surface area contributed by atoms with Gasteiger partial charge in [0.05, 0.1) is 4.92 Å². The van der Waals surface area contributed by atoms with Crippen molar-refractivity contribution in [3.63, 3.8) is 0 Å². The summed E-state index contributed by atoms with van der Waals surface area (Å²) in [6, 6.07) is 12.6. The topological polar surface area (TPSA) is 60.2 Å². The summed E-state index contributed by atoms with van der Waals surface area (Å²) < 4.78 is 0. The molecule has 0 N–H and O–H groups in total. The number of benzene rings is 2. The van der Waals surface area contributed by atoms with Crippen molar-refractivity contribution in [1.29, 1.82) is 0 Å². The molecule has 0 radical (unpaired) electrons. The molecule has 0 amide bonds. The third-order valence-corrected chi connectivity index (χ3v) is 3.03. The van der Waals surface area contributed by atoms with E-state index in [0.29, 0.717) is 10.6 Å². The van der Waals surface area contributed by atoms with Crippen molar-refractivity contribution in [3.8, 4) is 0 Å². The van der Waals surface area contributed by atoms with Crippen LogP contribution >= 0.6 is 11.6 Å². The van der Waals surface area contributed by atoms with Crippen LogP contribution in [0.25, 0.3) is 6.08 Å². The van der Waals surface area contributed by atoms with Crippen LogP contribution in [0.1, 0.15) is 15.9 Å². The first-order valence-corrected chi connectivity index (χ1v) is 6.17. The summed E-state index contributed by atoms with van der Waals surface area (Å²) in [4.78, 5) is 21.9. The zero-order valence-corrected chi connectivity index (χ0v) is 11.1. The fourth-order valence-electron chi connectivity index (χ4n) is 1.62. The highest BCUT2D eigenvalue weighted by Crippen LogP contribution is 2.17. The highest BCUT2D eigenvalue weighted by molar-refractivity contribution is 6.32. The number of rotatable bonds is 4. The molecular formula is C15H10ClNO3. The lowest BCUT2D eigenvalue weighted by Crippen LogP contribution is -1.95. The molecule has 0 aliphatic heterocycles. The number of halogens is 1. The van der Waals surface area contributed by atoms with E-state index in [2.05, 4.69) is 0 Å². The molecule has 0 unspecified atom stereocenters. The maximum Gasteiger partial charge on any atom is 0.269 e. The minimum absolute atomic E-state index is 0.0448. The number of hydrogen-bond acceptors (Lipinski definition) is 3. The van der Waals surface area contributed by atoms with E-state index in [0.717, 1.165) is 5.56 Å². The van der Waals surface area contributed by atoms with Gasteiger partial charge in [0.15, 0.2) is 5.78 Å². The second kappa shape index (κ2) is 6.12. The Hall–Kier alpha value is -2.46. The summed E-state index contributed by atoms with van der Waals surface area (Å²) >= 11 is 5.97. The Morgan fingerprint density at radius 3 is 2.35 bits per heavy atom. The lowest BCUT2D eigenvalue weighted by atomic mass is 10.1. The van der Waals surface area contributed by atoms with Gasteiger partial charge in [-0.15, -0.1) is 0 Å². The Balaban J connectivity index is 2.16. The van der Waals surface area contributed by atoms with Crippen LogP contribution in [0, 0.1) is 10.1 Å². The number of nitro groups is 1. The molecule has 20 heavy (non-hydrogen) atoms. The van der Waals surface area contributed by atoms with Crippen molar-refractivity contribution in [1.82, 2.24) is 0 Å². The number of allylic oxidation sites excluding steroid dienone is 1. The summed E-state index contributed by atoms with van der Waals surface area (Å²) in [7, 11) is 0. The smallest absolute Gasteiger partial charge is 0.269 e. The van der Waals surface area contributed by atoms with Crippen molar-refractivity contribution in [3.05, 3.63) is 80.9 Å². The summed E-state index contributed by atoms with van der Waals surface area (Å²) in [5.74, 6) is -0.236. The molecule has 0 fully saturated rings. The van der Waals surface area contributed by atoms with Gasteiger partial charge >= 0.3 is 0 Å². The molecule has 0 bridgehead atoms. The molecule has 4 nitrogen and oxygen atoms in total. The minimum Gasteiger partial charge on any atom is -0.289 e. The van der Waals surface area contributed by atoms with E-state index in [1.54, 1.807) is 24.3 Å². The van der Waals surface area contributed by atoms with E-state index in [-0.39, 0.29) is 11.5 Å². The normalized spacial score (nSPS) is 10.7. The Kier molecular flexibility index (Phi) is 4.27. The average Bonchev–Trinajstić information content (AvgIpc) is 2.46. The Bertz CT molecular complexity index is 678. The van der Waals surface area contributed by atoms with Crippen molar-refractivity contribution < 1.29 is 9.72 Å². The molecule has 100 valence electrons. The lowest BCUT2D eigenvalue weighted by molar-refractivity contribution is -0.384. The third-order valence-electron chi connectivity index (χ3n) is 2.68. The predicted octanol–water partition coefficient (Wildman–Crippen LogP) is 4.14. The highest BCUT2D eigenvalue weighted by atomic mass is 35.5. The van der Waals surface area contributed by atoms with Crippen LogP contribution in [0.15, 0.2) is 54.6 Å². The van der Waals surface area contributed by atoms with Crippen LogP contribution in [-0.2, 0) is 0 Å². The second-order valence-electron chi connectivity index (χ2n) is 4.02. The van der Waals surface area contributed by atoms with Gasteiger partial charge in [-0.1, -0.05) is 29.8 Å². The molecule has 0 saturated heterocycles. The Morgan fingerprint density at radius 2 is 1.75 bits per heavy atom. The maximum absolute atomic E-state index is 11.9. The maximum atomic E-state index is 11.9. The quantitative estimate of drug-likeness (QED) is 0.367. The van der Waals surface area contributed by atoms with Gasteiger partial charge in [-0.25, -0.2) is 0 Å². The zero-order chi connectivity index (χ0) is 14.5. The number of non-ortho nitro benzene ring substituents is 1. The molecule has 0 saturated carbocycles. The van der Waals surface area contributed by atoms with Gasteiger partial charge in [-0.05, 0) is 35.9 Å². The molecule has 0 aliphatic carbocycles. The molecule has 0 spiro atoms. The van der Waals surface area contributed by atoms with Gasteiger partial charge in [-0.3, -0.25) is 14.9 Å². The van der Waals surface area contributed by atoms with Gasteiger partial charge in [0, 0.05) is 22.7 Å². The summed E-state index contributed by atoms with van der Waals surface area (Å²) in [6.07, 6.45) is 3.01. The van der Waals surface area contributed by atoms with Crippen molar-refractivity contribution in [2.45, 2.75) is 0 Å². The number of carbonyl (C=O) groups excluding carboxylic acids is 1. The van der Waals surface area contributed by atoms with Crippen LogP contribution in [0.2, 0.25) is 5.02 Å². The molecule has 0 aromatic heterocycles. The van der Waals surface area contributed by atoms with Gasteiger partial charge in [0.1, 0.15) is 0 Å². The fraction of sp³-hybridized carbons (Fsp3) is 0. The predicted molar refractivity (Wildman–Crippen MR) is 77.9 cm³/mol. The van der Waals surface area contributed by atoms with Crippen molar-refractivity contribution in [2.24, 2.45) is 0 Å². The van der Waals surface area contributed by atoms with Crippen LogP contribution in [0.3, 0.4) is 0 Å². The first-order valence-electron chi connectivity index (χ1n) is 5.79. The Morgan fingerprint density at radius 1 is 1.10 bits per heavy atom. The average molecular weight is 288 g/mol. The van der Waals surface area contributed by atoms with E-state index in [1.165, 1.54) is 30.3 Å². The molecule has 0 aliphatic rings. The van der Waals surface area contributed by atoms with Gasteiger partial charge in [0.2, 0.25) is 0 Å². The third kappa shape index (κ3) is 3.30. The van der Waals surface area contributed by atoms with E-state index in [4.69, 9.17) is 11.6 Å². The SMILES string of the molecule is O=C(/C=C/c1ccccc1Cl)c1ccc([N+](=O)[O-])cc1. The van der Waals surface area contributed by atoms with Crippen molar-refractivity contribution in [2.75, 3.05) is 0 Å². The van der Waals surface area contributed by atoms with Crippen LogP contribution in [-0.4, -0.2) is 10.7 Å². The number of hydrogen-bond donors (Lipinski definition) is 0. The van der Waals surface area contributed by atoms with E-state index in [1.807, 2.05) is 6.07 Å². The molecule has 2 rings (SSSR count).